The highest BCUT2D eigenvalue weighted by atomic mass is 19.4. The molecule has 1 aromatic carbocycles. The number of aromatic amines is 1. The molecule has 2 atom stereocenters. The Kier molecular flexibility index (Phi) is 7.45. The second-order valence-electron chi connectivity index (χ2n) is 10.2. The van der Waals surface area contributed by atoms with Gasteiger partial charge in [0.25, 0.3) is 11.1 Å². The Morgan fingerprint density at radius 1 is 1.05 bits per heavy atom. The van der Waals surface area contributed by atoms with Crippen LogP contribution in [0, 0.1) is 11.7 Å². The number of hydrogen-bond acceptors (Lipinski definition) is 6. The molecule has 5 rings (SSSR count). The first kappa shape index (κ1) is 29.1. The number of fused-ring (bicyclic) bond motifs is 1. The maximum atomic E-state index is 15.1. The van der Waals surface area contributed by atoms with Gasteiger partial charge in [0.15, 0.2) is 0 Å². The molecule has 3 heterocycles. The van der Waals surface area contributed by atoms with E-state index in [0.29, 0.717) is 37.1 Å². The molecule has 4 N–H and O–H groups in total. The molecule has 4 aromatic rings. The topological polar surface area (TPSA) is 119 Å². The zero-order chi connectivity index (χ0) is 30.4. The minimum absolute atomic E-state index is 0.0357. The number of alkyl halides is 6. The Hall–Kier alpha value is -4.43. The van der Waals surface area contributed by atoms with Crippen LogP contribution in [0.15, 0.2) is 52.3 Å². The summed E-state index contributed by atoms with van der Waals surface area (Å²) in [7, 11) is 0. The molecule has 0 saturated heterocycles. The van der Waals surface area contributed by atoms with Gasteiger partial charge in [0.05, 0.1) is 28.5 Å². The fourth-order valence-corrected chi connectivity index (χ4v) is 5.39. The minimum Gasteiger partial charge on any atom is -0.383 e. The van der Waals surface area contributed by atoms with Gasteiger partial charge in [-0.05, 0) is 60.9 Å². The third-order valence-corrected chi connectivity index (χ3v) is 7.31. The van der Waals surface area contributed by atoms with Gasteiger partial charge in [-0.3, -0.25) is 9.59 Å². The predicted molar refractivity (Wildman–Crippen MR) is 140 cm³/mol. The number of anilines is 2. The smallest absolute Gasteiger partial charge is 0.383 e. The lowest BCUT2D eigenvalue weighted by Crippen LogP contribution is -2.33. The van der Waals surface area contributed by atoms with Crippen molar-refractivity contribution < 1.29 is 30.7 Å². The van der Waals surface area contributed by atoms with Crippen molar-refractivity contribution in [3.63, 3.8) is 0 Å². The molecule has 0 spiro atoms. The molecular formula is C27H23F7N6O2. The lowest BCUT2D eigenvalue weighted by Gasteiger charge is -2.31. The molecule has 1 saturated carbocycles. The number of rotatable bonds is 5. The summed E-state index contributed by atoms with van der Waals surface area (Å²) in [5.41, 5.74) is 0.397. The van der Waals surface area contributed by atoms with Gasteiger partial charge in [0.1, 0.15) is 17.2 Å². The number of halogens is 7. The fraction of sp³-hybridized carbons (Fsp3) is 0.333. The summed E-state index contributed by atoms with van der Waals surface area (Å²) in [5, 5.41) is 8.41. The maximum absolute atomic E-state index is 15.1. The fourth-order valence-electron chi connectivity index (χ4n) is 5.39. The molecule has 1 fully saturated rings. The Morgan fingerprint density at radius 3 is 2.50 bits per heavy atom. The van der Waals surface area contributed by atoms with Crippen molar-refractivity contribution in [2.75, 3.05) is 11.1 Å². The monoisotopic (exact) mass is 596 g/mol. The molecule has 0 unspecified atom stereocenters. The van der Waals surface area contributed by atoms with Gasteiger partial charge in [0.2, 0.25) is 0 Å². The third-order valence-electron chi connectivity index (χ3n) is 7.31. The van der Waals surface area contributed by atoms with E-state index >= 15 is 4.39 Å². The second kappa shape index (κ2) is 10.8. The number of nitrogen functional groups attached to an aromatic ring is 1. The molecule has 0 aliphatic heterocycles. The average molecular weight is 597 g/mol. The van der Waals surface area contributed by atoms with Crippen molar-refractivity contribution in [2.45, 2.75) is 50.6 Å². The van der Waals surface area contributed by atoms with E-state index in [9.17, 15) is 35.9 Å². The summed E-state index contributed by atoms with van der Waals surface area (Å²) in [6.45, 7) is 0.215. The van der Waals surface area contributed by atoms with E-state index in [-0.39, 0.29) is 29.1 Å². The highest BCUT2D eigenvalue weighted by Crippen LogP contribution is 2.36. The van der Waals surface area contributed by atoms with Gasteiger partial charge >= 0.3 is 12.4 Å². The first-order valence-electron chi connectivity index (χ1n) is 12.8. The van der Waals surface area contributed by atoms with Crippen LogP contribution in [0.2, 0.25) is 0 Å². The van der Waals surface area contributed by atoms with Crippen molar-refractivity contribution in [1.29, 1.82) is 0 Å². The van der Waals surface area contributed by atoms with Crippen LogP contribution >= 0.6 is 0 Å². The van der Waals surface area contributed by atoms with Crippen molar-refractivity contribution in [3.05, 3.63) is 80.4 Å². The van der Waals surface area contributed by atoms with E-state index in [4.69, 9.17) is 5.73 Å². The molecule has 222 valence electrons. The van der Waals surface area contributed by atoms with E-state index in [1.54, 1.807) is 11.2 Å². The van der Waals surface area contributed by atoms with Crippen LogP contribution in [0.1, 0.15) is 36.8 Å². The van der Waals surface area contributed by atoms with Crippen LogP contribution in [-0.4, -0.2) is 25.8 Å². The Morgan fingerprint density at radius 2 is 1.81 bits per heavy atom. The molecule has 42 heavy (non-hydrogen) atoms. The number of nitrogens with one attached hydrogen (secondary N) is 2. The zero-order valence-electron chi connectivity index (χ0n) is 21.6. The Balaban J connectivity index is 1.37. The number of H-pyrrole nitrogens is 1. The molecule has 0 amide bonds. The molecule has 3 aromatic heterocycles. The van der Waals surface area contributed by atoms with Crippen LogP contribution in [0.5, 0.6) is 0 Å². The minimum atomic E-state index is -4.88. The molecule has 1 aliphatic carbocycles. The molecule has 1 aliphatic rings. The highest BCUT2D eigenvalue weighted by molar-refractivity contribution is 5.86. The number of nitrogens with zero attached hydrogens (tertiary/aromatic N) is 3. The SMILES string of the molecule is Nc1nc(-c2cc3ccn(C[C@@H]4CCC[C@H](Nc5cn[nH]c(=O)c5C(F)(F)F)C4)c(=O)c3cc2F)ccc1C(F)(F)F. The van der Waals surface area contributed by atoms with Crippen LogP contribution in [0.25, 0.3) is 22.0 Å². The lowest BCUT2D eigenvalue weighted by molar-refractivity contribution is -0.138. The summed E-state index contributed by atoms with van der Waals surface area (Å²) in [6.07, 6.45) is -4.89. The Bertz CT molecular complexity index is 1760. The third kappa shape index (κ3) is 5.81. The highest BCUT2D eigenvalue weighted by Gasteiger charge is 2.38. The largest absolute Gasteiger partial charge is 0.423 e. The van der Waals surface area contributed by atoms with E-state index < -0.39 is 58.0 Å². The van der Waals surface area contributed by atoms with Crippen molar-refractivity contribution >= 4 is 22.3 Å². The number of pyridine rings is 2. The lowest BCUT2D eigenvalue weighted by atomic mass is 9.85. The molecule has 15 heteroatoms. The zero-order valence-corrected chi connectivity index (χ0v) is 21.6. The van der Waals surface area contributed by atoms with Crippen LogP contribution < -0.4 is 22.2 Å². The Labute approximate surface area is 232 Å². The number of aromatic nitrogens is 4. The van der Waals surface area contributed by atoms with Crippen molar-refractivity contribution in [3.8, 4) is 11.3 Å². The van der Waals surface area contributed by atoms with E-state index in [0.717, 1.165) is 18.3 Å². The average Bonchev–Trinajstić information content (AvgIpc) is 2.89. The van der Waals surface area contributed by atoms with E-state index in [1.807, 2.05) is 0 Å². The quantitative estimate of drug-likeness (QED) is 0.259. The molecular weight excluding hydrogens is 573 g/mol. The summed E-state index contributed by atoms with van der Waals surface area (Å²) in [6, 6.07) is 5.15. The number of nitrogens with two attached hydrogens (primary N) is 1. The standard InChI is InChI=1S/C27H23F7N6O2/c28-19-10-16-14(9-17(19)20-5-4-18(23(35)38-20)26(29,30)31)6-7-40(25(16)42)12-13-2-1-3-15(8-13)37-21-11-36-39-24(41)22(21)27(32,33)34/h4-7,9-11,13,15H,1-3,8,12H2,(H2,35,38)(H2,37,39,41)/t13-,15+/m1/s1. The summed E-state index contributed by atoms with van der Waals surface area (Å²) in [5.74, 6) is -1.79. The van der Waals surface area contributed by atoms with Gasteiger partial charge in [-0.2, -0.15) is 31.4 Å². The van der Waals surface area contributed by atoms with Gasteiger partial charge in [-0.15, -0.1) is 0 Å². The summed E-state index contributed by atoms with van der Waals surface area (Å²) in [4.78, 5) is 28.7. The second-order valence-corrected chi connectivity index (χ2v) is 10.2. The summed E-state index contributed by atoms with van der Waals surface area (Å²) < 4.78 is 95.8. The molecule has 0 radical (unpaired) electrons. The van der Waals surface area contributed by atoms with Gasteiger partial charge in [-0.25, -0.2) is 14.5 Å². The van der Waals surface area contributed by atoms with E-state index in [1.165, 1.54) is 16.8 Å². The van der Waals surface area contributed by atoms with Crippen LogP contribution in [0.3, 0.4) is 0 Å². The number of hydrogen-bond donors (Lipinski definition) is 3. The predicted octanol–water partition coefficient (Wildman–Crippen LogP) is 5.58. The van der Waals surface area contributed by atoms with E-state index in [2.05, 4.69) is 15.4 Å². The number of benzene rings is 1. The maximum Gasteiger partial charge on any atom is 0.423 e. The van der Waals surface area contributed by atoms with Crippen LogP contribution in [0.4, 0.5) is 42.2 Å². The molecule has 8 nitrogen and oxygen atoms in total. The van der Waals surface area contributed by atoms with Crippen LogP contribution in [-0.2, 0) is 18.9 Å². The normalized spacial score (nSPS) is 17.9. The van der Waals surface area contributed by atoms with Gasteiger partial charge in [0, 0.05) is 24.3 Å². The van der Waals surface area contributed by atoms with Gasteiger partial charge in [-0.1, -0.05) is 6.42 Å². The van der Waals surface area contributed by atoms with Crippen molar-refractivity contribution in [1.82, 2.24) is 19.7 Å². The first-order valence-corrected chi connectivity index (χ1v) is 12.8. The summed E-state index contributed by atoms with van der Waals surface area (Å²) >= 11 is 0. The van der Waals surface area contributed by atoms with Gasteiger partial charge < -0.3 is 15.6 Å². The first-order chi connectivity index (χ1) is 19.7. The molecule has 0 bridgehead atoms. The van der Waals surface area contributed by atoms with Crippen molar-refractivity contribution in [2.24, 2.45) is 5.92 Å².